The van der Waals surface area contributed by atoms with Crippen LogP contribution in [0.1, 0.15) is 6.92 Å². The number of anilines is 2. The predicted molar refractivity (Wildman–Crippen MR) is 113 cm³/mol. The van der Waals surface area contributed by atoms with E-state index in [2.05, 4.69) is 5.32 Å². The van der Waals surface area contributed by atoms with Gasteiger partial charge in [-0.2, -0.15) is 0 Å². The number of halogens is 2. The summed E-state index contributed by atoms with van der Waals surface area (Å²) in [5.41, 5.74) is 1.82. The number of nitrogens with zero attached hydrogens (tertiary/aromatic N) is 1. The molecule has 140 valence electrons. The van der Waals surface area contributed by atoms with Crippen LogP contribution in [0.25, 0.3) is 10.8 Å². The average molecular weight is 403 g/mol. The zero-order valence-electron chi connectivity index (χ0n) is 15.3. The van der Waals surface area contributed by atoms with Crippen molar-refractivity contribution < 1.29 is 9.53 Å². The van der Waals surface area contributed by atoms with E-state index < -0.39 is 6.10 Å². The number of ether oxygens (including phenoxy) is 1. The summed E-state index contributed by atoms with van der Waals surface area (Å²) < 4.78 is 5.70. The largest absolute Gasteiger partial charge is 0.479 e. The van der Waals surface area contributed by atoms with Gasteiger partial charge < -0.3 is 15.0 Å². The summed E-state index contributed by atoms with van der Waals surface area (Å²) >= 11 is 12.0. The molecule has 3 rings (SSSR count). The molecular formula is C21H20Cl2N2O2. The zero-order valence-corrected chi connectivity index (χ0v) is 16.8. The van der Waals surface area contributed by atoms with Crippen molar-refractivity contribution in [3.8, 4) is 5.75 Å². The lowest BCUT2D eigenvalue weighted by molar-refractivity contribution is -0.122. The molecule has 0 fully saturated rings. The van der Waals surface area contributed by atoms with E-state index in [1.807, 2.05) is 55.4 Å². The van der Waals surface area contributed by atoms with Crippen molar-refractivity contribution in [1.29, 1.82) is 0 Å². The maximum atomic E-state index is 12.6. The van der Waals surface area contributed by atoms with Gasteiger partial charge in [0.25, 0.3) is 5.91 Å². The van der Waals surface area contributed by atoms with Crippen molar-refractivity contribution >= 4 is 51.3 Å². The van der Waals surface area contributed by atoms with E-state index in [9.17, 15) is 4.79 Å². The van der Waals surface area contributed by atoms with Gasteiger partial charge in [0.2, 0.25) is 0 Å². The fourth-order valence-corrected chi connectivity index (χ4v) is 3.28. The molecule has 0 aliphatic heterocycles. The molecule has 3 aromatic rings. The van der Waals surface area contributed by atoms with Crippen LogP contribution in [0, 0.1) is 0 Å². The average Bonchev–Trinajstić information content (AvgIpc) is 2.63. The van der Waals surface area contributed by atoms with Crippen LogP contribution in [-0.4, -0.2) is 26.1 Å². The topological polar surface area (TPSA) is 41.6 Å². The lowest BCUT2D eigenvalue weighted by Crippen LogP contribution is -2.30. The summed E-state index contributed by atoms with van der Waals surface area (Å²) in [5, 5.41) is 5.86. The lowest BCUT2D eigenvalue weighted by atomic mass is 10.1. The number of benzene rings is 3. The Labute approximate surface area is 168 Å². The van der Waals surface area contributed by atoms with Gasteiger partial charge in [0.05, 0.1) is 5.02 Å². The minimum absolute atomic E-state index is 0.260. The van der Waals surface area contributed by atoms with Crippen molar-refractivity contribution in [2.24, 2.45) is 0 Å². The Bertz CT molecular complexity index is 989. The molecule has 27 heavy (non-hydrogen) atoms. The number of nitrogens with one attached hydrogen (secondary N) is 1. The smallest absolute Gasteiger partial charge is 0.265 e. The summed E-state index contributed by atoms with van der Waals surface area (Å²) in [5.74, 6) is 0.153. The van der Waals surface area contributed by atoms with Gasteiger partial charge in [-0.25, -0.2) is 0 Å². The molecule has 0 saturated carbocycles. The zero-order chi connectivity index (χ0) is 19.6. The standard InChI is InChI=1S/C21H20Cl2N2O2/c1-13(27-20-11-8-14(22)12-17(20)23)21(26)24-18-9-10-19(25(2)3)16-7-5-4-6-15(16)18/h4-13H,1-3H3,(H,24,26)/t13-/m0/s1. The first-order valence-corrected chi connectivity index (χ1v) is 9.24. The molecule has 1 N–H and O–H groups in total. The molecule has 0 saturated heterocycles. The molecule has 6 heteroatoms. The van der Waals surface area contributed by atoms with Crippen LogP contribution in [0.4, 0.5) is 11.4 Å². The first kappa shape index (κ1) is 19.3. The molecule has 0 heterocycles. The molecular weight excluding hydrogens is 383 g/mol. The maximum absolute atomic E-state index is 12.6. The van der Waals surface area contributed by atoms with Crippen molar-refractivity contribution in [1.82, 2.24) is 0 Å². The van der Waals surface area contributed by atoms with Crippen molar-refractivity contribution in [2.45, 2.75) is 13.0 Å². The van der Waals surface area contributed by atoms with Gasteiger partial charge in [-0.1, -0.05) is 47.5 Å². The van der Waals surface area contributed by atoms with E-state index in [1.165, 1.54) is 0 Å². The second kappa shape index (κ2) is 8.07. The van der Waals surface area contributed by atoms with Crippen LogP contribution < -0.4 is 15.0 Å². The minimum Gasteiger partial charge on any atom is -0.479 e. The highest BCUT2D eigenvalue weighted by atomic mass is 35.5. The summed E-state index contributed by atoms with van der Waals surface area (Å²) in [4.78, 5) is 14.7. The molecule has 0 spiro atoms. The summed E-state index contributed by atoms with van der Waals surface area (Å²) in [6, 6.07) is 16.7. The Morgan fingerprint density at radius 2 is 1.74 bits per heavy atom. The van der Waals surface area contributed by atoms with E-state index in [1.54, 1.807) is 25.1 Å². The number of hydrogen-bond donors (Lipinski definition) is 1. The third-order valence-electron chi connectivity index (χ3n) is 4.21. The van der Waals surface area contributed by atoms with Crippen LogP contribution in [-0.2, 0) is 4.79 Å². The number of carbonyl (C=O) groups is 1. The Balaban J connectivity index is 1.82. The van der Waals surface area contributed by atoms with Crippen molar-refractivity contribution in [2.75, 3.05) is 24.3 Å². The van der Waals surface area contributed by atoms with Crippen LogP contribution in [0.15, 0.2) is 54.6 Å². The highest BCUT2D eigenvalue weighted by Gasteiger charge is 2.18. The quantitative estimate of drug-likeness (QED) is 0.601. The highest BCUT2D eigenvalue weighted by molar-refractivity contribution is 6.35. The fraction of sp³-hybridized carbons (Fsp3) is 0.190. The molecule has 0 aromatic heterocycles. The first-order valence-electron chi connectivity index (χ1n) is 8.48. The monoisotopic (exact) mass is 402 g/mol. The van der Waals surface area contributed by atoms with Gasteiger partial charge in [0.1, 0.15) is 5.75 Å². The second-order valence-corrected chi connectivity index (χ2v) is 7.24. The van der Waals surface area contributed by atoms with Gasteiger partial charge in [-0.15, -0.1) is 0 Å². The predicted octanol–water partition coefficient (Wildman–Crippen LogP) is 5.62. The van der Waals surface area contributed by atoms with Crippen LogP contribution in [0.3, 0.4) is 0 Å². The van der Waals surface area contributed by atoms with E-state index in [0.717, 1.165) is 22.1 Å². The Hall–Kier alpha value is -2.43. The molecule has 0 bridgehead atoms. The molecule has 0 radical (unpaired) electrons. The third-order valence-corrected chi connectivity index (χ3v) is 4.74. The van der Waals surface area contributed by atoms with Crippen molar-refractivity contribution in [3.63, 3.8) is 0 Å². The highest BCUT2D eigenvalue weighted by Crippen LogP contribution is 2.32. The first-order chi connectivity index (χ1) is 12.9. The minimum atomic E-state index is -0.726. The molecule has 0 unspecified atom stereocenters. The maximum Gasteiger partial charge on any atom is 0.265 e. The summed E-state index contributed by atoms with van der Waals surface area (Å²) in [7, 11) is 3.98. The Morgan fingerprint density at radius 1 is 1.04 bits per heavy atom. The number of carbonyl (C=O) groups excluding carboxylic acids is 1. The molecule has 0 aliphatic carbocycles. The van der Waals surface area contributed by atoms with Gasteiger partial charge in [0, 0.05) is 41.3 Å². The summed E-state index contributed by atoms with van der Waals surface area (Å²) in [6.45, 7) is 1.68. The molecule has 3 aromatic carbocycles. The van der Waals surface area contributed by atoms with Gasteiger partial charge in [0.15, 0.2) is 6.10 Å². The molecule has 1 amide bonds. The van der Waals surface area contributed by atoms with E-state index in [-0.39, 0.29) is 5.91 Å². The van der Waals surface area contributed by atoms with Gasteiger partial charge in [-0.05, 0) is 37.3 Å². The van der Waals surface area contributed by atoms with Crippen LogP contribution >= 0.6 is 23.2 Å². The SMILES string of the molecule is C[C@H](Oc1ccc(Cl)cc1Cl)C(=O)Nc1ccc(N(C)C)c2ccccc12. The van der Waals surface area contributed by atoms with Crippen LogP contribution in [0.5, 0.6) is 5.75 Å². The van der Waals surface area contributed by atoms with Gasteiger partial charge in [-0.3, -0.25) is 4.79 Å². The van der Waals surface area contributed by atoms with Gasteiger partial charge >= 0.3 is 0 Å². The van der Waals surface area contributed by atoms with Crippen molar-refractivity contribution in [3.05, 3.63) is 64.6 Å². The van der Waals surface area contributed by atoms with E-state index in [4.69, 9.17) is 27.9 Å². The molecule has 4 nitrogen and oxygen atoms in total. The number of fused-ring (bicyclic) bond motifs is 1. The second-order valence-electron chi connectivity index (χ2n) is 6.40. The molecule has 1 atom stereocenters. The number of amides is 1. The lowest BCUT2D eigenvalue weighted by Gasteiger charge is -2.19. The normalized spacial score (nSPS) is 11.9. The Kier molecular flexibility index (Phi) is 5.78. The number of rotatable bonds is 5. The third kappa shape index (κ3) is 4.29. The van der Waals surface area contributed by atoms with E-state index >= 15 is 0 Å². The van der Waals surface area contributed by atoms with Crippen LogP contribution in [0.2, 0.25) is 10.0 Å². The van der Waals surface area contributed by atoms with E-state index in [0.29, 0.717) is 15.8 Å². The fourth-order valence-electron chi connectivity index (χ4n) is 2.83. The molecule has 0 aliphatic rings. The Morgan fingerprint density at radius 3 is 2.41 bits per heavy atom. The summed E-state index contributed by atoms with van der Waals surface area (Å²) in [6.07, 6.45) is -0.726. The number of hydrogen-bond acceptors (Lipinski definition) is 3.